The molecule has 0 N–H and O–H groups in total. The molecule has 0 aromatic heterocycles. The molecule has 5 aromatic rings. The van der Waals surface area contributed by atoms with Crippen molar-refractivity contribution in [1.29, 1.82) is 0 Å². The van der Waals surface area contributed by atoms with Gasteiger partial charge >= 0.3 is 0 Å². The summed E-state index contributed by atoms with van der Waals surface area (Å²) in [6.07, 6.45) is 6.90. The first-order chi connectivity index (χ1) is 20.3. The second kappa shape index (κ2) is 17.6. The van der Waals surface area contributed by atoms with E-state index < -0.39 is 0 Å². The maximum Gasteiger partial charge on any atom is -0.0238 e. The standard InChI is InChI=1S/C16H16.C10H14.C8H10.C8H8/c1-2-14-4-3-13(1)9-10-15-5-7-16(8-6-15)12-11-14;1-3-9-5-7-10(4-2)8-6-9;2*1-7-3-5-8(2)6-4-7/h1-8H,9-12H2;5-8H,3-4H2,1-2H3;3-6H,1-2H3;3-6H,1-2H2. The summed E-state index contributed by atoms with van der Waals surface area (Å²) in [6, 6.07) is 43.3. The van der Waals surface area contributed by atoms with Gasteiger partial charge in [-0.05, 0) is 96.2 Å². The van der Waals surface area contributed by atoms with E-state index in [1.807, 2.05) is 24.3 Å². The number of rotatable bonds is 2. The average molecular weight is 553 g/mol. The largest absolute Gasteiger partial charge is 0.0918 e. The minimum atomic E-state index is 1.04. The Bertz CT molecular complexity index is 1350. The van der Waals surface area contributed by atoms with Crippen LogP contribution in [0.3, 0.4) is 0 Å². The van der Waals surface area contributed by atoms with Gasteiger partial charge in [-0.1, -0.05) is 159 Å². The maximum absolute atomic E-state index is 3.73. The van der Waals surface area contributed by atoms with Gasteiger partial charge in [0, 0.05) is 0 Å². The first-order valence-corrected chi connectivity index (χ1v) is 15.3. The van der Waals surface area contributed by atoms with Gasteiger partial charge in [0.05, 0.1) is 0 Å². The minimum absolute atomic E-state index is 1.04. The highest BCUT2D eigenvalue weighted by atomic mass is 14.1. The van der Waals surface area contributed by atoms with Crippen molar-refractivity contribution in [3.63, 3.8) is 0 Å². The molecule has 4 aliphatic carbocycles. The van der Waals surface area contributed by atoms with Crippen molar-refractivity contribution in [2.24, 2.45) is 0 Å². The van der Waals surface area contributed by atoms with Gasteiger partial charge in [0.25, 0.3) is 0 Å². The minimum Gasteiger partial charge on any atom is -0.0918 e. The van der Waals surface area contributed by atoms with Crippen LogP contribution in [0.1, 0.15) is 58.4 Å². The van der Waals surface area contributed by atoms with Crippen LogP contribution in [0.15, 0.2) is 121 Å². The summed E-state index contributed by atoms with van der Waals surface area (Å²) in [7, 11) is 0. The SMILES string of the molecule is C=c1ccc(=C)cc1.CCc1ccc(CC)cc1.Cc1ccc(C)cc1.c1cc2ccc1CCc1ccc(cc1)CC2. The van der Waals surface area contributed by atoms with E-state index in [2.05, 4.69) is 138 Å². The number of aryl methyl sites for hydroxylation is 8. The first-order valence-electron chi connectivity index (χ1n) is 15.3. The van der Waals surface area contributed by atoms with Crippen molar-refractivity contribution in [2.75, 3.05) is 0 Å². The fourth-order valence-electron chi connectivity index (χ4n) is 4.51. The Morgan fingerprint density at radius 2 is 0.619 bits per heavy atom. The van der Waals surface area contributed by atoms with E-state index in [0.29, 0.717) is 0 Å². The van der Waals surface area contributed by atoms with E-state index in [1.165, 1.54) is 44.5 Å². The fraction of sp³-hybridized carbons (Fsp3) is 0.238. The molecule has 9 rings (SSSR count). The molecule has 5 aromatic carbocycles. The second-order valence-corrected chi connectivity index (χ2v) is 11.1. The topological polar surface area (TPSA) is 0 Å². The van der Waals surface area contributed by atoms with E-state index in [9.17, 15) is 0 Å². The van der Waals surface area contributed by atoms with Crippen molar-refractivity contribution in [3.8, 4) is 0 Å². The molecule has 0 unspecified atom stereocenters. The Morgan fingerprint density at radius 3 is 0.833 bits per heavy atom. The normalized spacial score (nSPS) is 11.3. The van der Waals surface area contributed by atoms with Crippen LogP contribution in [-0.2, 0) is 38.5 Å². The third kappa shape index (κ3) is 12.1. The summed E-state index contributed by atoms with van der Waals surface area (Å²) < 4.78 is 0. The van der Waals surface area contributed by atoms with Crippen molar-refractivity contribution < 1.29 is 0 Å². The summed E-state index contributed by atoms with van der Waals surface area (Å²) in [5.74, 6) is 0. The third-order valence-electron chi connectivity index (χ3n) is 7.53. The second-order valence-electron chi connectivity index (χ2n) is 11.1. The summed E-state index contributed by atoms with van der Waals surface area (Å²) in [4.78, 5) is 0. The molecule has 0 atom stereocenters. The Morgan fingerprint density at radius 1 is 0.381 bits per heavy atom. The molecular formula is C42H48. The lowest BCUT2D eigenvalue weighted by Crippen LogP contribution is -2.02. The molecule has 0 radical (unpaired) electrons. The number of benzene rings is 5. The summed E-state index contributed by atoms with van der Waals surface area (Å²) >= 11 is 0. The van der Waals surface area contributed by atoms with Crippen LogP contribution in [0.2, 0.25) is 0 Å². The lowest BCUT2D eigenvalue weighted by molar-refractivity contribution is 0.921. The molecule has 4 aliphatic rings. The van der Waals surface area contributed by atoms with Crippen LogP contribution in [0.4, 0.5) is 0 Å². The molecule has 0 saturated carbocycles. The monoisotopic (exact) mass is 552 g/mol. The van der Waals surface area contributed by atoms with Crippen LogP contribution >= 0.6 is 0 Å². The van der Waals surface area contributed by atoms with E-state index >= 15 is 0 Å². The molecule has 0 saturated heterocycles. The van der Waals surface area contributed by atoms with Crippen molar-refractivity contribution in [2.45, 2.75) is 66.2 Å². The van der Waals surface area contributed by atoms with Crippen molar-refractivity contribution >= 4 is 13.2 Å². The average Bonchev–Trinajstić information content (AvgIpc) is 3.03. The highest BCUT2D eigenvalue weighted by Crippen LogP contribution is 2.15. The smallest absolute Gasteiger partial charge is 0.0238 e. The highest BCUT2D eigenvalue weighted by Gasteiger charge is 2.02. The zero-order valence-electron chi connectivity index (χ0n) is 26.2. The van der Waals surface area contributed by atoms with Crippen molar-refractivity contribution in [3.05, 3.63) is 176 Å². The predicted molar refractivity (Wildman–Crippen MR) is 186 cm³/mol. The van der Waals surface area contributed by atoms with Gasteiger partial charge in [-0.2, -0.15) is 0 Å². The van der Waals surface area contributed by atoms with Gasteiger partial charge in [-0.25, -0.2) is 0 Å². The van der Waals surface area contributed by atoms with Gasteiger partial charge in [0.1, 0.15) is 0 Å². The predicted octanol–water partition coefficient (Wildman–Crippen LogP) is 9.19. The van der Waals surface area contributed by atoms with E-state index in [0.717, 1.165) is 49.0 Å². The Balaban J connectivity index is 0.000000162. The fourth-order valence-corrected chi connectivity index (χ4v) is 4.51. The molecule has 0 aliphatic heterocycles. The van der Waals surface area contributed by atoms with Gasteiger partial charge < -0.3 is 0 Å². The van der Waals surface area contributed by atoms with Gasteiger partial charge in [0.2, 0.25) is 0 Å². The van der Waals surface area contributed by atoms with Crippen LogP contribution in [-0.4, -0.2) is 0 Å². The van der Waals surface area contributed by atoms with Crippen LogP contribution in [0, 0.1) is 13.8 Å². The van der Waals surface area contributed by atoms with Crippen LogP contribution < -0.4 is 10.4 Å². The number of hydrogen-bond acceptors (Lipinski definition) is 0. The van der Waals surface area contributed by atoms with Crippen LogP contribution in [0.25, 0.3) is 13.2 Å². The molecule has 216 valence electrons. The van der Waals surface area contributed by atoms with E-state index in [4.69, 9.17) is 0 Å². The maximum atomic E-state index is 3.73. The van der Waals surface area contributed by atoms with Gasteiger partial charge in [-0.3, -0.25) is 0 Å². The van der Waals surface area contributed by atoms with Gasteiger partial charge in [-0.15, -0.1) is 0 Å². The molecule has 0 heterocycles. The summed E-state index contributed by atoms with van der Waals surface area (Å²) in [5.41, 5.74) is 11.3. The lowest BCUT2D eigenvalue weighted by Gasteiger charge is -2.09. The van der Waals surface area contributed by atoms with Gasteiger partial charge in [0.15, 0.2) is 0 Å². The zero-order valence-corrected chi connectivity index (χ0v) is 26.2. The summed E-state index contributed by atoms with van der Waals surface area (Å²) in [6.45, 7) is 16.0. The molecule has 0 nitrogen and oxygen atoms in total. The summed E-state index contributed by atoms with van der Waals surface area (Å²) in [5, 5.41) is 2.08. The zero-order chi connectivity index (χ0) is 30.2. The molecule has 4 bridgehead atoms. The molecule has 0 heteroatoms. The first kappa shape index (κ1) is 32.4. The third-order valence-corrected chi connectivity index (χ3v) is 7.53. The molecular weight excluding hydrogens is 504 g/mol. The lowest BCUT2D eigenvalue weighted by atomic mass is 9.97. The molecule has 0 fully saturated rings. The highest BCUT2D eigenvalue weighted by molar-refractivity contribution is 5.29. The molecule has 0 spiro atoms. The van der Waals surface area contributed by atoms with E-state index in [-0.39, 0.29) is 0 Å². The molecule has 0 amide bonds. The van der Waals surface area contributed by atoms with Crippen molar-refractivity contribution in [1.82, 2.24) is 0 Å². The Kier molecular flexibility index (Phi) is 13.6. The quantitative estimate of drug-likeness (QED) is 0.205. The Hall–Kier alpha value is -4.16. The number of hydrogen-bond donors (Lipinski definition) is 0. The van der Waals surface area contributed by atoms with E-state index in [1.54, 1.807) is 0 Å². The molecule has 42 heavy (non-hydrogen) atoms. The van der Waals surface area contributed by atoms with Crippen LogP contribution in [0.5, 0.6) is 0 Å². The Labute approximate surface area is 255 Å².